The van der Waals surface area contributed by atoms with E-state index in [9.17, 15) is 0 Å². The van der Waals surface area contributed by atoms with E-state index in [4.69, 9.17) is 10.2 Å². The van der Waals surface area contributed by atoms with Crippen molar-refractivity contribution >= 4 is 11.3 Å². The van der Waals surface area contributed by atoms with Crippen LogP contribution in [0.15, 0.2) is 6.20 Å². The van der Waals surface area contributed by atoms with Crippen LogP contribution in [0.3, 0.4) is 0 Å². The van der Waals surface area contributed by atoms with E-state index in [2.05, 4.69) is 24.1 Å². The maximum Gasteiger partial charge on any atom is 0.0930 e. The molecule has 0 radical (unpaired) electrons. The zero-order chi connectivity index (χ0) is 12.0. The molecule has 0 aromatic carbocycles. The van der Waals surface area contributed by atoms with Crippen LogP contribution in [-0.4, -0.2) is 34.5 Å². The first-order chi connectivity index (χ1) is 7.65. The molecule has 1 aromatic rings. The van der Waals surface area contributed by atoms with Crippen molar-refractivity contribution in [1.82, 2.24) is 10.3 Å². The number of hydrogen-bond donors (Lipinski definition) is 3. The van der Waals surface area contributed by atoms with Crippen LogP contribution in [0.5, 0.6) is 0 Å². The Morgan fingerprint density at radius 2 is 2.06 bits per heavy atom. The number of aliphatic hydroxyl groups is 2. The molecule has 0 amide bonds. The first kappa shape index (κ1) is 13.6. The lowest BCUT2D eigenvalue weighted by atomic mass is 10.1. The van der Waals surface area contributed by atoms with Crippen molar-refractivity contribution in [2.45, 2.75) is 32.9 Å². The molecule has 0 unspecified atom stereocenters. The first-order valence-corrected chi connectivity index (χ1v) is 6.36. The lowest BCUT2D eigenvalue weighted by Crippen LogP contribution is -2.34. The third kappa shape index (κ3) is 4.57. The summed E-state index contributed by atoms with van der Waals surface area (Å²) < 4.78 is 0. The van der Waals surface area contributed by atoms with Crippen molar-refractivity contribution in [2.24, 2.45) is 5.92 Å². The van der Waals surface area contributed by atoms with Crippen molar-refractivity contribution in [3.63, 3.8) is 0 Å². The summed E-state index contributed by atoms with van der Waals surface area (Å²) in [6, 6.07) is -0.240. The largest absolute Gasteiger partial charge is 0.395 e. The van der Waals surface area contributed by atoms with Crippen LogP contribution in [0.2, 0.25) is 0 Å². The summed E-state index contributed by atoms with van der Waals surface area (Å²) in [6.07, 6.45) is 2.87. The van der Waals surface area contributed by atoms with Crippen molar-refractivity contribution in [3.05, 3.63) is 16.1 Å². The van der Waals surface area contributed by atoms with Gasteiger partial charge in [0.1, 0.15) is 0 Å². The number of aromatic nitrogens is 1. The minimum absolute atomic E-state index is 0.0475. The van der Waals surface area contributed by atoms with E-state index in [1.54, 1.807) is 11.3 Å². The Bertz CT molecular complexity index is 298. The molecule has 1 rings (SSSR count). The molecule has 0 saturated heterocycles. The van der Waals surface area contributed by atoms with Crippen molar-refractivity contribution in [2.75, 3.05) is 13.2 Å². The van der Waals surface area contributed by atoms with Crippen LogP contribution in [0.4, 0.5) is 0 Å². The van der Waals surface area contributed by atoms with Gasteiger partial charge in [-0.3, -0.25) is 0 Å². The van der Waals surface area contributed by atoms with Gasteiger partial charge in [-0.15, -0.1) is 11.3 Å². The number of hydrogen-bond acceptors (Lipinski definition) is 5. The van der Waals surface area contributed by atoms with Crippen LogP contribution < -0.4 is 5.32 Å². The Hall–Kier alpha value is -0.490. The standard InChI is InChI=1S/C11H20N2O2S/c1-8(2)3-11-13-5-10(16-11)4-12-9(6-14)7-15/h5,8-9,12,14-15H,3-4,6-7H2,1-2H3. The van der Waals surface area contributed by atoms with Crippen LogP contribution in [0.1, 0.15) is 23.7 Å². The van der Waals surface area contributed by atoms with Crippen molar-refractivity contribution < 1.29 is 10.2 Å². The predicted octanol–water partition coefficient (Wildman–Crippen LogP) is 0.784. The fraction of sp³-hybridized carbons (Fsp3) is 0.727. The van der Waals surface area contributed by atoms with Gasteiger partial charge in [-0.05, 0) is 5.92 Å². The molecule has 0 atom stereocenters. The SMILES string of the molecule is CC(C)Cc1ncc(CNC(CO)CO)s1. The van der Waals surface area contributed by atoms with E-state index in [1.165, 1.54) is 0 Å². The third-order valence-electron chi connectivity index (χ3n) is 2.19. The smallest absolute Gasteiger partial charge is 0.0930 e. The second-order valence-corrected chi connectivity index (χ2v) is 5.46. The molecule has 1 aromatic heterocycles. The maximum atomic E-state index is 8.89. The second kappa shape index (κ2) is 6.96. The molecule has 0 aliphatic carbocycles. The van der Waals surface area contributed by atoms with Crippen molar-refractivity contribution in [3.8, 4) is 0 Å². The molecule has 16 heavy (non-hydrogen) atoms. The van der Waals surface area contributed by atoms with Crippen LogP contribution in [0, 0.1) is 5.92 Å². The van der Waals surface area contributed by atoms with E-state index in [1.807, 2.05) is 6.20 Å². The molecule has 0 spiro atoms. The Morgan fingerprint density at radius 3 is 2.62 bits per heavy atom. The molecule has 92 valence electrons. The summed E-state index contributed by atoms with van der Waals surface area (Å²) in [7, 11) is 0. The number of nitrogens with zero attached hydrogens (tertiary/aromatic N) is 1. The monoisotopic (exact) mass is 244 g/mol. The second-order valence-electron chi connectivity index (χ2n) is 4.26. The molecule has 0 saturated carbocycles. The van der Waals surface area contributed by atoms with Crippen LogP contribution >= 0.6 is 11.3 Å². The molecule has 0 bridgehead atoms. The minimum Gasteiger partial charge on any atom is -0.395 e. The summed E-state index contributed by atoms with van der Waals surface area (Å²) in [6.45, 7) is 4.91. The van der Waals surface area contributed by atoms with E-state index in [0.717, 1.165) is 16.3 Å². The van der Waals surface area contributed by atoms with Gasteiger partial charge in [-0.2, -0.15) is 0 Å². The Kier molecular flexibility index (Phi) is 5.90. The fourth-order valence-electron chi connectivity index (χ4n) is 1.31. The van der Waals surface area contributed by atoms with Crippen molar-refractivity contribution in [1.29, 1.82) is 0 Å². The average Bonchev–Trinajstić information content (AvgIpc) is 2.66. The average molecular weight is 244 g/mol. The summed E-state index contributed by atoms with van der Waals surface area (Å²) in [5, 5.41) is 22.0. The highest BCUT2D eigenvalue weighted by Gasteiger charge is 2.07. The topological polar surface area (TPSA) is 65.4 Å². The molecular weight excluding hydrogens is 224 g/mol. The molecule has 0 fully saturated rings. The lowest BCUT2D eigenvalue weighted by Gasteiger charge is -2.11. The lowest BCUT2D eigenvalue weighted by molar-refractivity contribution is 0.170. The van der Waals surface area contributed by atoms with E-state index in [-0.39, 0.29) is 19.3 Å². The number of rotatable bonds is 7. The molecular formula is C11H20N2O2S. The Labute approximate surface area is 100 Å². The van der Waals surface area contributed by atoms with Gasteiger partial charge < -0.3 is 15.5 Å². The number of aliphatic hydroxyl groups excluding tert-OH is 2. The normalized spacial score (nSPS) is 11.6. The molecule has 5 heteroatoms. The van der Waals surface area contributed by atoms with Gasteiger partial charge in [-0.1, -0.05) is 13.8 Å². The van der Waals surface area contributed by atoms with Gasteiger partial charge in [0.25, 0.3) is 0 Å². The number of nitrogens with one attached hydrogen (secondary N) is 1. The molecule has 0 aliphatic rings. The molecule has 3 N–H and O–H groups in total. The van der Waals surface area contributed by atoms with Gasteiger partial charge >= 0.3 is 0 Å². The van der Waals surface area contributed by atoms with Gasteiger partial charge in [0.05, 0.1) is 24.3 Å². The van der Waals surface area contributed by atoms with E-state index >= 15 is 0 Å². The first-order valence-electron chi connectivity index (χ1n) is 5.54. The molecule has 1 heterocycles. The van der Waals surface area contributed by atoms with Crippen LogP contribution in [-0.2, 0) is 13.0 Å². The van der Waals surface area contributed by atoms with Gasteiger partial charge in [0.2, 0.25) is 0 Å². The summed E-state index contributed by atoms with van der Waals surface area (Å²) in [4.78, 5) is 5.48. The molecule has 4 nitrogen and oxygen atoms in total. The van der Waals surface area contributed by atoms with Crippen LogP contribution in [0.25, 0.3) is 0 Å². The maximum absolute atomic E-state index is 8.89. The third-order valence-corrected chi connectivity index (χ3v) is 3.21. The summed E-state index contributed by atoms with van der Waals surface area (Å²) in [5.74, 6) is 0.620. The Balaban J connectivity index is 2.39. The zero-order valence-corrected chi connectivity index (χ0v) is 10.6. The number of thiazole rings is 1. The zero-order valence-electron chi connectivity index (χ0n) is 9.81. The van der Waals surface area contributed by atoms with Gasteiger partial charge in [-0.25, -0.2) is 4.98 Å². The van der Waals surface area contributed by atoms with Gasteiger partial charge in [0, 0.05) is 24.0 Å². The fourth-order valence-corrected chi connectivity index (χ4v) is 2.39. The van der Waals surface area contributed by atoms with E-state index in [0.29, 0.717) is 12.5 Å². The quantitative estimate of drug-likeness (QED) is 0.663. The summed E-state index contributed by atoms with van der Waals surface area (Å²) >= 11 is 1.69. The van der Waals surface area contributed by atoms with Gasteiger partial charge in [0.15, 0.2) is 0 Å². The minimum atomic E-state index is -0.240. The van der Waals surface area contributed by atoms with E-state index < -0.39 is 0 Å². The Morgan fingerprint density at radius 1 is 1.38 bits per heavy atom. The molecule has 0 aliphatic heterocycles. The highest BCUT2D eigenvalue weighted by Crippen LogP contribution is 2.16. The highest BCUT2D eigenvalue weighted by molar-refractivity contribution is 7.11. The predicted molar refractivity (Wildman–Crippen MR) is 65.5 cm³/mol. The summed E-state index contributed by atoms with van der Waals surface area (Å²) in [5.41, 5.74) is 0. The highest BCUT2D eigenvalue weighted by atomic mass is 32.1.